The molecule has 1 aromatic carbocycles. The maximum atomic E-state index is 13.5. The number of rotatable bonds is 4. The fraction of sp³-hybridized carbons (Fsp3) is 0.300. The van der Waals surface area contributed by atoms with Gasteiger partial charge >= 0.3 is 0 Å². The van der Waals surface area contributed by atoms with Gasteiger partial charge in [0.15, 0.2) is 5.69 Å². The van der Waals surface area contributed by atoms with Crippen molar-refractivity contribution in [2.45, 2.75) is 24.8 Å². The number of nitrogens with zero attached hydrogens (tertiary/aromatic N) is 4. The highest BCUT2D eigenvalue weighted by atomic mass is 19.1. The van der Waals surface area contributed by atoms with E-state index >= 15 is 0 Å². The molecule has 28 heavy (non-hydrogen) atoms. The van der Waals surface area contributed by atoms with Crippen molar-refractivity contribution in [3.8, 4) is 11.3 Å². The van der Waals surface area contributed by atoms with Gasteiger partial charge in [0, 0.05) is 36.7 Å². The number of aromatic nitrogens is 3. The van der Waals surface area contributed by atoms with Crippen molar-refractivity contribution < 1.29 is 13.7 Å². The van der Waals surface area contributed by atoms with E-state index in [-0.39, 0.29) is 23.3 Å². The fourth-order valence-corrected chi connectivity index (χ4v) is 3.38. The molecular weight excluding hydrogens is 363 g/mol. The third kappa shape index (κ3) is 3.00. The number of carbonyl (C=O) groups excluding carboxylic acids is 1. The summed E-state index contributed by atoms with van der Waals surface area (Å²) < 4.78 is 20.1. The molecule has 0 N–H and O–H groups in total. The van der Waals surface area contributed by atoms with Gasteiger partial charge in [-0.25, -0.2) is 9.07 Å². The Labute approximate surface area is 159 Å². The fourth-order valence-electron chi connectivity index (χ4n) is 3.38. The van der Waals surface area contributed by atoms with Crippen LogP contribution in [0.4, 0.5) is 4.39 Å². The molecule has 1 aliphatic carbocycles. The Morgan fingerprint density at radius 2 is 1.96 bits per heavy atom. The monoisotopic (exact) mass is 380 g/mol. The summed E-state index contributed by atoms with van der Waals surface area (Å²) in [4.78, 5) is 26.4. The summed E-state index contributed by atoms with van der Waals surface area (Å²) in [5.41, 5.74) is 1.15. The largest absolute Gasteiger partial charge is 0.360 e. The second kappa shape index (κ2) is 6.40. The van der Waals surface area contributed by atoms with Crippen LogP contribution < -0.4 is 5.56 Å². The molecule has 5 rings (SSSR count). The summed E-state index contributed by atoms with van der Waals surface area (Å²) in [7, 11) is 0. The van der Waals surface area contributed by atoms with Gasteiger partial charge in [0.05, 0.1) is 11.7 Å². The Morgan fingerprint density at radius 1 is 1.14 bits per heavy atom. The molecule has 0 unspecified atom stereocenters. The van der Waals surface area contributed by atoms with Crippen molar-refractivity contribution in [3.63, 3.8) is 0 Å². The van der Waals surface area contributed by atoms with Gasteiger partial charge in [-0.05, 0) is 31.0 Å². The molecule has 142 valence electrons. The van der Waals surface area contributed by atoms with Crippen LogP contribution in [0.3, 0.4) is 0 Å². The van der Waals surface area contributed by atoms with Gasteiger partial charge in [-0.3, -0.25) is 9.59 Å². The molecule has 1 amide bonds. The molecule has 0 spiro atoms. The van der Waals surface area contributed by atoms with Gasteiger partial charge in [0.1, 0.15) is 11.6 Å². The highest BCUT2D eigenvalue weighted by Crippen LogP contribution is 2.40. The third-order valence-electron chi connectivity index (χ3n) is 5.17. The molecule has 1 saturated carbocycles. The number of carbonyl (C=O) groups is 1. The van der Waals surface area contributed by atoms with Gasteiger partial charge < -0.3 is 9.42 Å². The molecule has 1 saturated heterocycles. The lowest BCUT2D eigenvalue weighted by Gasteiger charge is -2.38. The SMILES string of the molecule is O=C(c1cc(C2CC2)on1)N1CC(n2nc(-c3cccc(F)c3)ccc2=O)C1. The molecule has 3 heterocycles. The van der Waals surface area contributed by atoms with E-state index in [9.17, 15) is 14.0 Å². The standard InChI is InChI=1S/C20H17FN4O3/c21-14-3-1-2-13(8-14)16-6-7-19(26)25(22-16)15-10-24(11-15)20(27)17-9-18(28-23-17)12-4-5-12/h1-3,6-9,12,15H,4-5,10-11H2. The van der Waals surface area contributed by atoms with Gasteiger partial charge in [0.2, 0.25) is 0 Å². The zero-order valence-electron chi connectivity index (χ0n) is 14.9. The van der Waals surface area contributed by atoms with Crippen LogP contribution in [-0.4, -0.2) is 38.8 Å². The summed E-state index contributed by atoms with van der Waals surface area (Å²) in [5.74, 6) is 0.588. The minimum Gasteiger partial charge on any atom is -0.360 e. The van der Waals surface area contributed by atoms with E-state index in [0.717, 1.165) is 18.6 Å². The van der Waals surface area contributed by atoms with Crippen LogP contribution >= 0.6 is 0 Å². The van der Waals surface area contributed by atoms with Crippen LogP contribution in [0.2, 0.25) is 0 Å². The lowest BCUT2D eigenvalue weighted by Crippen LogP contribution is -2.53. The maximum Gasteiger partial charge on any atom is 0.276 e. The van der Waals surface area contributed by atoms with Crippen LogP contribution in [0, 0.1) is 5.82 Å². The predicted octanol–water partition coefficient (Wildman–Crippen LogP) is 2.61. The number of hydrogen-bond donors (Lipinski definition) is 0. The molecule has 2 aliphatic rings. The van der Waals surface area contributed by atoms with Crippen LogP contribution in [0.5, 0.6) is 0 Å². The average molecular weight is 380 g/mol. The first-order chi connectivity index (χ1) is 13.6. The number of likely N-dealkylation sites (tertiary alicyclic amines) is 1. The Morgan fingerprint density at radius 3 is 2.71 bits per heavy atom. The number of benzene rings is 1. The topological polar surface area (TPSA) is 81.2 Å². The second-order valence-corrected chi connectivity index (χ2v) is 7.26. The summed E-state index contributed by atoms with van der Waals surface area (Å²) in [6.07, 6.45) is 2.15. The predicted molar refractivity (Wildman–Crippen MR) is 97.3 cm³/mol. The van der Waals surface area contributed by atoms with Crippen LogP contribution in [0.15, 0.2) is 51.8 Å². The maximum absolute atomic E-state index is 13.5. The molecule has 2 fully saturated rings. The first-order valence-electron chi connectivity index (χ1n) is 9.20. The summed E-state index contributed by atoms with van der Waals surface area (Å²) >= 11 is 0. The van der Waals surface area contributed by atoms with Crippen LogP contribution in [0.25, 0.3) is 11.3 Å². The Bertz CT molecular complexity index is 1110. The van der Waals surface area contributed by atoms with Crippen molar-refractivity contribution in [1.82, 2.24) is 19.8 Å². The molecule has 7 nitrogen and oxygen atoms in total. The molecule has 1 aliphatic heterocycles. The first kappa shape index (κ1) is 16.9. The van der Waals surface area contributed by atoms with Gasteiger partial charge in [-0.2, -0.15) is 5.10 Å². The highest BCUT2D eigenvalue weighted by Gasteiger charge is 2.36. The van der Waals surface area contributed by atoms with E-state index in [0.29, 0.717) is 36.0 Å². The smallest absolute Gasteiger partial charge is 0.276 e. The van der Waals surface area contributed by atoms with E-state index in [1.165, 1.54) is 22.9 Å². The molecule has 0 bridgehead atoms. The third-order valence-corrected chi connectivity index (χ3v) is 5.17. The van der Waals surface area contributed by atoms with Crippen molar-refractivity contribution >= 4 is 5.91 Å². The molecule has 3 aromatic rings. The molecular formula is C20H17FN4O3. The van der Waals surface area contributed by atoms with E-state index in [4.69, 9.17) is 4.52 Å². The van der Waals surface area contributed by atoms with Crippen molar-refractivity contribution in [2.24, 2.45) is 0 Å². The average Bonchev–Trinajstić information content (AvgIpc) is 3.38. The van der Waals surface area contributed by atoms with E-state index in [2.05, 4.69) is 10.3 Å². The summed E-state index contributed by atoms with van der Waals surface area (Å²) in [6, 6.07) is 10.5. The van der Waals surface area contributed by atoms with Crippen LogP contribution in [-0.2, 0) is 0 Å². The minimum atomic E-state index is -0.365. The van der Waals surface area contributed by atoms with E-state index in [1.807, 2.05) is 0 Å². The normalized spacial score (nSPS) is 16.8. The van der Waals surface area contributed by atoms with E-state index < -0.39 is 0 Å². The zero-order valence-corrected chi connectivity index (χ0v) is 14.9. The van der Waals surface area contributed by atoms with Crippen molar-refractivity contribution in [1.29, 1.82) is 0 Å². The van der Waals surface area contributed by atoms with Crippen molar-refractivity contribution in [2.75, 3.05) is 13.1 Å². The Kier molecular flexibility index (Phi) is 3.85. The molecule has 2 aromatic heterocycles. The van der Waals surface area contributed by atoms with Gasteiger partial charge in [-0.1, -0.05) is 17.3 Å². The summed E-state index contributed by atoms with van der Waals surface area (Å²) in [5, 5.41) is 8.24. The zero-order chi connectivity index (χ0) is 19.3. The number of hydrogen-bond acceptors (Lipinski definition) is 5. The Balaban J connectivity index is 1.32. The van der Waals surface area contributed by atoms with Gasteiger partial charge in [-0.15, -0.1) is 0 Å². The molecule has 0 atom stereocenters. The molecule has 8 heteroatoms. The van der Waals surface area contributed by atoms with Crippen molar-refractivity contribution in [3.05, 3.63) is 70.1 Å². The number of halogens is 1. The lowest BCUT2D eigenvalue weighted by atomic mass is 10.1. The van der Waals surface area contributed by atoms with Crippen LogP contribution in [0.1, 0.15) is 41.1 Å². The first-order valence-corrected chi connectivity index (χ1v) is 9.20. The minimum absolute atomic E-state index is 0.207. The molecule has 0 radical (unpaired) electrons. The quantitative estimate of drug-likeness (QED) is 0.695. The Hall–Kier alpha value is -3.29. The van der Waals surface area contributed by atoms with Gasteiger partial charge in [0.25, 0.3) is 11.5 Å². The summed E-state index contributed by atoms with van der Waals surface area (Å²) in [6.45, 7) is 0.730. The number of amides is 1. The second-order valence-electron chi connectivity index (χ2n) is 7.26. The van der Waals surface area contributed by atoms with E-state index in [1.54, 1.807) is 29.2 Å². The lowest BCUT2D eigenvalue weighted by molar-refractivity contribution is 0.0483. The highest BCUT2D eigenvalue weighted by molar-refractivity contribution is 5.92.